The van der Waals surface area contributed by atoms with Crippen LogP contribution in [0.25, 0.3) is 0 Å². The molecule has 2 amide bonds. The molecule has 8 heteroatoms. The maximum absolute atomic E-state index is 12.4. The van der Waals surface area contributed by atoms with Crippen LogP contribution in [0.4, 0.5) is 9.93 Å². The van der Waals surface area contributed by atoms with E-state index < -0.39 is 0 Å². The number of nitrogens with one attached hydrogen (secondary N) is 1. The number of unbranched alkanes of at least 4 members (excludes halogenated alkanes) is 1. The number of hydrogen-bond acceptors (Lipinski definition) is 6. The number of aryl methyl sites for hydroxylation is 1. The first-order chi connectivity index (χ1) is 11.1. The van der Waals surface area contributed by atoms with Gasteiger partial charge in [-0.1, -0.05) is 24.7 Å². The standard InChI is InChI=1S/C15H24N4O3S/c1-3-5-8-12-17-18-14(23-12)16-13(20)11-7-6-9-19(10-11)15(21)22-4-2/h11H,3-10H2,1-2H3,(H,16,18,20)/t11-/m1/s1. The first-order valence-electron chi connectivity index (χ1n) is 8.19. The van der Waals surface area contributed by atoms with Crippen LogP contribution in [-0.4, -0.2) is 46.8 Å². The third-order valence-corrected chi connectivity index (χ3v) is 4.66. The summed E-state index contributed by atoms with van der Waals surface area (Å²) >= 11 is 1.42. The Morgan fingerprint density at radius 2 is 2.22 bits per heavy atom. The molecule has 0 saturated carbocycles. The summed E-state index contributed by atoms with van der Waals surface area (Å²) in [5, 5.41) is 12.4. The van der Waals surface area contributed by atoms with Crippen LogP contribution in [0.15, 0.2) is 0 Å². The van der Waals surface area contributed by atoms with E-state index in [-0.39, 0.29) is 17.9 Å². The zero-order valence-corrected chi connectivity index (χ0v) is 14.5. The highest BCUT2D eigenvalue weighted by Gasteiger charge is 2.29. The molecule has 1 fully saturated rings. The second-order valence-electron chi connectivity index (χ2n) is 5.58. The van der Waals surface area contributed by atoms with Crippen molar-refractivity contribution in [1.29, 1.82) is 0 Å². The molecule has 1 aliphatic heterocycles. The van der Waals surface area contributed by atoms with E-state index in [0.29, 0.717) is 24.8 Å². The van der Waals surface area contributed by atoms with Crippen LogP contribution >= 0.6 is 11.3 Å². The Morgan fingerprint density at radius 3 is 2.96 bits per heavy atom. The number of nitrogens with zero attached hydrogens (tertiary/aromatic N) is 3. The second-order valence-corrected chi connectivity index (χ2v) is 6.64. The van der Waals surface area contributed by atoms with Crippen LogP contribution < -0.4 is 5.32 Å². The molecule has 0 unspecified atom stereocenters. The molecule has 0 aromatic carbocycles. The lowest BCUT2D eigenvalue weighted by atomic mass is 9.97. The molecule has 2 rings (SSSR count). The molecule has 128 valence electrons. The van der Waals surface area contributed by atoms with Gasteiger partial charge in [0, 0.05) is 19.5 Å². The summed E-state index contributed by atoms with van der Waals surface area (Å²) < 4.78 is 5.00. The number of carbonyl (C=O) groups excluding carboxylic acids is 2. The van der Waals surface area contributed by atoms with E-state index in [9.17, 15) is 9.59 Å². The van der Waals surface area contributed by atoms with E-state index >= 15 is 0 Å². The number of hydrogen-bond donors (Lipinski definition) is 1. The van der Waals surface area contributed by atoms with Gasteiger partial charge in [0.05, 0.1) is 12.5 Å². The minimum absolute atomic E-state index is 0.0998. The molecular weight excluding hydrogens is 316 g/mol. The molecule has 2 heterocycles. The van der Waals surface area contributed by atoms with Gasteiger partial charge in [-0.15, -0.1) is 10.2 Å². The molecule has 1 atom stereocenters. The Labute approximate surface area is 140 Å². The maximum Gasteiger partial charge on any atom is 0.409 e. The van der Waals surface area contributed by atoms with Gasteiger partial charge in [0.25, 0.3) is 0 Å². The fraction of sp³-hybridized carbons (Fsp3) is 0.733. The van der Waals surface area contributed by atoms with E-state index in [1.165, 1.54) is 11.3 Å². The average Bonchev–Trinajstić information content (AvgIpc) is 3.00. The first-order valence-corrected chi connectivity index (χ1v) is 9.00. The minimum Gasteiger partial charge on any atom is -0.450 e. The topological polar surface area (TPSA) is 84.4 Å². The number of rotatable bonds is 6. The third kappa shape index (κ3) is 5.16. The molecule has 0 aliphatic carbocycles. The van der Waals surface area contributed by atoms with Crippen molar-refractivity contribution in [1.82, 2.24) is 15.1 Å². The van der Waals surface area contributed by atoms with Crippen molar-refractivity contribution in [3.8, 4) is 0 Å². The highest BCUT2D eigenvalue weighted by Crippen LogP contribution is 2.22. The fourth-order valence-corrected chi connectivity index (χ4v) is 3.30. The summed E-state index contributed by atoms with van der Waals surface area (Å²) in [7, 11) is 0. The molecule has 1 N–H and O–H groups in total. The number of carbonyl (C=O) groups is 2. The van der Waals surface area contributed by atoms with E-state index in [0.717, 1.165) is 37.1 Å². The largest absolute Gasteiger partial charge is 0.450 e. The number of anilines is 1. The van der Waals surface area contributed by atoms with Crippen molar-refractivity contribution in [3.05, 3.63) is 5.01 Å². The normalized spacial score (nSPS) is 17.8. The van der Waals surface area contributed by atoms with Crippen molar-refractivity contribution >= 4 is 28.5 Å². The van der Waals surface area contributed by atoms with Crippen molar-refractivity contribution in [2.45, 2.75) is 46.0 Å². The maximum atomic E-state index is 12.4. The molecular formula is C15H24N4O3S. The molecule has 1 aliphatic rings. The summed E-state index contributed by atoms with van der Waals surface area (Å²) in [6.45, 7) is 5.28. The highest BCUT2D eigenvalue weighted by molar-refractivity contribution is 7.15. The average molecular weight is 340 g/mol. The molecule has 1 saturated heterocycles. The van der Waals surface area contributed by atoms with Crippen molar-refractivity contribution in [2.75, 3.05) is 25.0 Å². The number of aromatic nitrogens is 2. The summed E-state index contributed by atoms with van der Waals surface area (Å²) in [5.74, 6) is -0.326. The van der Waals surface area contributed by atoms with Crippen LogP contribution in [-0.2, 0) is 16.0 Å². The number of ether oxygens (including phenoxy) is 1. The Balaban J connectivity index is 1.87. The minimum atomic E-state index is -0.345. The van der Waals surface area contributed by atoms with E-state index in [2.05, 4.69) is 22.4 Å². The van der Waals surface area contributed by atoms with Gasteiger partial charge < -0.3 is 15.0 Å². The third-order valence-electron chi connectivity index (χ3n) is 3.76. The predicted octanol–water partition coefficient (Wildman–Crippen LogP) is 2.69. The van der Waals surface area contributed by atoms with Crippen LogP contribution in [0.1, 0.15) is 44.5 Å². The Morgan fingerprint density at radius 1 is 1.39 bits per heavy atom. The molecule has 0 radical (unpaired) electrons. The summed E-state index contributed by atoms with van der Waals surface area (Å²) in [5.41, 5.74) is 0. The summed E-state index contributed by atoms with van der Waals surface area (Å²) in [4.78, 5) is 25.7. The Hall–Kier alpha value is -1.70. The SMILES string of the molecule is CCCCc1nnc(NC(=O)[C@@H]2CCCN(C(=O)OCC)C2)s1. The van der Waals surface area contributed by atoms with Gasteiger partial charge in [0.2, 0.25) is 11.0 Å². The number of amides is 2. The lowest BCUT2D eigenvalue weighted by molar-refractivity contribution is -0.121. The number of likely N-dealkylation sites (tertiary alicyclic amines) is 1. The van der Waals surface area contributed by atoms with Crippen LogP contribution in [0.2, 0.25) is 0 Å². The molecule has 23 heavy (non-hydrogen) atoms. The fourth-order valence-electron chi connectivity index (χ4n) is 2.51. The van der Waals surface area contributed by atoms with Crippen molar-refractivity contribution < 1.29 is 14.3 Å². The van der Waals surface area contributed by atoms with Gasteiger partial charge in [-0.25, -0.2) is 4.79 Å². The lowest BCUT2D eigenvalue weighted by Crippen LogP contribution is -2.44. The number of piperidine rings is 1. The molecule has 0 spiro atoms. The quantitative estimate of drug-likeness (QED) is 0.860. The zero-order chi connectivity index (χ0) is 16.7. The molecule has 1 aromatic rings. The Kier molecular flexibility index (Phi) is 6.76. The van der Waals surface area contributed by atoms with Gasteiger partial charge in [-0.3, -0.25) is 4.79 Å². The van der Waals surface area contributed by atoms with Gasteiger partial charge in [0.1, 0.15) is 5.01 Å². The lowest BCUT2D eigenvalue weighted by Gasteiger charge is -2.30. The van der Waals surface area contributed by atoms with Crippen LogP contribution in [0.3, 0.4) is 0 Å². The van der Waals surface area contributed by atoms with E-state index in [1.807, 2.05) is 0 Å². The second kappa shape index (κ2) is 8.81. The van der Waals surface area contributed by atoms with Gasteiger partial charge in [-0.2, -0.15) is 0 Å². The highest BCUT2D eigenvalue weighted by atomic mass is 32.1. The monoisotopic (exact) mass is 340 g/mol. The molecule has 0 bridgehead atoms. The van der Waals surface area contributed by atoms with E-state index in [4.69, 9.17) is 4.74 Å². The Bertz CT molecular complexity index is 535. The van der Waals surface area contributed by atoms with Crippen molar-refractivity contribution in [2.24, 2.45) is 5.92 Å². The van der Waals surface area contributed by atoms with Crippen LogP contribution in [0, 0.1) is 5.92 Å². The van der Waals surface area contributed by atoms with Crippen LogP contribution in [0.5, 0.6) is 0 Å². The molecule has 1 aromatic heterocycles. The molecule has 7 nitrogen and oxygen atoms in total. The predicted molar refractivity (Wildman–Crippen MR) is 88.5 cm³/mol. The summed E-state index contributed by atoms with van der Waals surface area (Å²) in [6.07, 6.45) is 4.29. The van der Waals surface area contributed by atoms with Crippen molar-refractivity contribution in [3.63, 3.8) is 0 Å². The zero-order valence-electron chi connectivity index (χ0n) is 13.7. The van der Waals surface area contributed by atoms with E-state index in [1.54, 1.807) is 11.8 Å². The smallest absolute Gasteiger partial charge is 0.409 e. The first kappa shape index (κ1) is 17.7. The summed E-state index contributed by atoms with van der Waals surface area (Å²) in [6, 6.07) is 0. The van der Waals surface area contributed by atoms with Gasteiger partial charge in [-0.05, 0) is 26.2 Å². The van der Waals surface area contributed by atoms with Gasteiger partial charge >= 0.3 is 6.09 Å². The van der Waals surface area contributed by atoms with Gasteiger partial charge in [0.15, 0.2) is 0 Å².